The van der Waals surface area contributed by atoms with Crippen molar-refractivity contribution in [1.29, 1.82) is 0 Å². The molecule has 0 aliphatic heterocycles. The number of hydrazone groups is 1. The Balaban J connectivity index is 1.65. The Bertz CT molecular complexity index is 868. The molecule has 0 bridgehead atoms. The zero-order chi connectivity index (χ0) is 16.9. The highest BCUT2D eigenvalue weighted by Crippen LogP contribution is 2.23. The molecule has 0 radical (unpaired) electrons. The number of carbonyl (C=O) groups excluding carboxylic acids is 1. The molecule has 5 nitrogen and oxygen atoms in total. The molecule has 2 aromatic carbocycles. The number of carbonyl (C=O) groups is 1. The van der Waals surface area contributed by atoms with Crippen LogP contribution in [0.25, 0.3) is 11.3 Å². The average Bonchev–Trinajstić information content (AvgIpc) is 3.05. The lowest BCUT2D eigenvalue weighted by atomic mass is 10.2. The molecule has 1 aromatic heterocycles. The predicted molar refractivity (Wildman–Crippen MR) is 93.8 cm³/mol. The third-order valence-corrected chi connectivity index (χ3v) is 3.79. The molecule has 0 unspecified atom stereocenters. The van der Waals surface area contributed by atoms with Crippen LogP contribution in [0.15, 0.2) is 74.7 Å². The summed E-state index contributed by atoms with van der Waals surface area (Å²) in [5.74, 6) is 0.148. The lowest BCUT2D eigenvalue weighted by Crippen LogP contribution is -2.21. The third-order valence-electron chi connectivity index (χ3n) is 3.26. The number of rotatable bonds is 5. The van der Waals surface area contributed by atoms with Crippen LogP contribution in [0, 0.1) is 0 Å². The van der Waals surface area contributed by atoms with E-state index in [1.165, 1.54) is 12.1 Å². The van der Waals surface area contributed by atoms with Crippen LogP contribution in [-0.4, -0.2) is 12.2 Å². The summed E-state index contributed by atoms with van der Waals surface area (Å²) in [4.78, 5) is 10.7. The van der Waals surface area contributed by atoms with E-state index in [2.05, 4.69) is 26.5 Å². The van der Waals surface area contributed by atoms with Gasteiger partial charge in [-0.3, -0.25) is 5.43 Å². The smallest absolute Gasteiger partial charge is 0.147 e. The lowest BCUT2D eigenvalue weighted by molar-refractivity contribution is -0.255. The summed E-state index contributed by atoms with van der Waals surface area (Å²) in [6.45, 7) is 0. The standard InChI is InChI=1S/C18H13BrN2O3/c19-14-5-1-12(2-6-14)17-10-9-16(24-17)11-20-21-15-7-3-13(4-8-15)18(22)23/h1-11,21H,(H,22,23)/p-1/b20-11-. The summed E-state index contributed by atoms with van der Waals surface area (Å²) in [5.41, 5.74) is 4.56. The van der Waals surface area contributed by atoms with E-state index in [0.29, 0.717) is 11.4 Å². The minimum Gasteiger partial charge on any atom is -0.545 e. The van der Waals surface area contributed by atoms with Crippen LogP contribution in [0.3, 0.4) is 0 Å². The van der Waals surface area contributed by atoms with Crippen LogP contribution in [0.4, 0.5) is 5.69 Å². The van der Waals surface area contributed by atoms with Gasteiger partial charge in [0.1, 0.15) is 11.5 Å². The van der Waals surface area contributed by atoms with Gasteiger partial charge in [0.2, 0.25) is 0 Å². The average molecular weight is 384 g/mol. The van der Waals surface area contributed by atoms with Gasteiger partial charge in [-0.15, -0.1) is 0 Å². The van der Waals surface area contributed by atoms with Crippen molar-refractivity contribution in [2.45, 2.75) is 0 Å². The van der Waals surface area contributed by atoms with Crippen LogP contribution in [-0.2, 0) is 0 Å². The van der Waals surface area contributed by atoms with Crippen molar-refractivity contribution in [2.75, 3.05) is 5.43 Å². The van der Waals surface area contributed by atoms with E-state index in [-0.39, 0.29) is 5.56 Å². The highest BCUT2D eigenvalue weighted by Gasteiger charge is 2.03. The van der Waals surface area contributed by atoms with Gasteiger partial charge in [-0.05, 0) is 42.0 Å². The maximum Gasteiger partial charge on any atom is 0.147 e. The number of nitrogens with one attached hydrogen (secondary N) is 1. The quantitative estimate of drug-likeness (QED) is 0.540. The third kappa shape index (κ3) is 3.91. The molecule has 0 fully saturated rings. The molecule has 6 heteroatoms. The van der Waals surface area contributed by atoms with Gasteiger partial charge in [0.25, 0.3) is 0 Å². The molecule has 24 heavy (non-hydrogen) atoms. The molecule has 0 spiro atoms. The van der Waals surface area contributed by atoms with Crippen molar-refractivity contribution >= 4 is 33.8 Å². The second-order valence-corrected chi connectivity index (χ2v) is 5.86. The van der Waals surface area contributed by atoms with E-state index in [9.17, 15) is 9.90 Å². The number of carboxylic acids is 1. The highest BCUT2D eigenvalue weighted by molar-refractivity contribution is 9.10. The second-order valence-electron chi connectivity index (χ2n) is 4.94. The Morgan fingerprint density at radius 2 is 1.75 bits per heavy atom. The summed E-state index contributed by atoms with van der Waals surface area (Å²) in [6, 6.07) is 17.6. The number of furan rings is 1. The SMILES string of the molecule is O=C([O-])c1ccc(N/N=C\c2ccc(-c3ccc(Br)cc3)o2)cc1. The molecule has 1 N–H and O–H groups in total. The molecule has 1 heterocycles. The van der Waals surface area contributed by atoms with Gasteiger partial charge in [-0.2, -0.15) is 5.10 Å². The minimum absolute atomic E-state index is 0.120. The van der Waals surface area contributed by atoms with E-state index in [0.717, 1.165) is 15.8 Å². The highest BCUT2D eigenvalue weighted by atomic mass is 79.9. The second kappa shape index (κ2) is 7.14. The number of nitrogens with zero attached hydrogens (tertiary/aromatic N) is 1. The summed E-state index contributed by atoms with van der Waals surface area (Å²) >= 11 is 3.40. The van der Waals surface area contributed by atoms with Crippen molar-refractivity contribution in [3.63, 3.8) is 0 Å². The first-order valence-corrected chi connectivity index (χ1v) is 7.87. The minimum atomic E-state index is -1.21. The monoisotopic (exact) mass is 383 g/mol. The molecule has 0 atom stereocenters. The fraction of sp³-hybridized carbons (Fsp3) is 0. The molecule has 3 aromatic rings. The van der Waals surface area contributed by atoms with Gasteiger partial charge in [-0.25, -0.2) is 0 Å². The number of carboxylic acid groups (broad SMARTS) is 1. The van der Waals surface area contributed by atoms with Crippen LogP contribution >= 0.6 is 15.9 Å². The Kier molecular flexibility index (Phi) is 4.77. The number of anilines is 1. The molecule has 0 aliphatic rings. The first-order valence-electron chi connectivity index (χ1n) is 7.08. The van der Waals surface area contributed by atoms with Crippen LogP contribution in [0.5, 0.6) is 0 Å². The topological polar surface area (TPSA) is 77.7 Å². The van der Waals surface area contributed by atoms with Crippen molar-refractivity contribution < 1.29 is 14.3 Å². The zero-order valence-corrected chi connectivity index (χ0v) is 14.0. The molecule has 3 rings (SSSR count). The molecule has 0 aliphatic carbocycles. The Labute approximate surface area is 146 Å². The van der Waals surface area contributed by atoms with Gasteiger partial charge in [-0.1, -0.05) is 40.2 Å². The Hall–Kier alpha value is -2.86. The van der Waals surface area contributed by atoms with Gasteiger partial charge < -0.3 is 14.3 Å². The molecule has 0 saturated heterocycles. The number of benzene rings is 2. The normalized spacial score (nSPS) is 10.9. The summed E-state index contributed by atoms with van der Waals surface area (Å²) < 4.78 is 6.72. The van der Waals surface area contributed by atoms with Crippen molar-refractivity contribution in [3.05, 3.63) is 76.5 Å². The lowest BCUT2D eigenvalue weighted by Gasteiger charge is -2.03. The van der Waals surface area contributed by atoms with Crippen molar-refractivity contribution in [1.82, 2.24) is 0 Å². The van der Waals surface area contributed by atoms with E-state index in [4.69, 9.17) is 4.42 Å². The first kappa shape index (κ1) is 16.0. The largest absolute Gasteiger partial charge is 0.545 e. The fourth-order valence-corrected chi connectivity index (χ4v) is 2.31. The van der Waals surface area contributed by atoms with Crippen molar-refractivity contribution in [2.24, 2.45) is 5.10 Å². The molecular weight excluding hydrogens is 372 g/mol. The van der Waals surface area contributed by atoms with E-state index < -0.39 is 5.97 Å². The van der Waals surface area contributed by atoms with Crippen LogP contribution in [0.1, 0.15) is 16.1 Å². The Morgan fingerprint density at radius 3 is 2.42 bits per heavy atom. The number of aromatic carboxylic acids is 1. The van der Waals surface area contributed by atoms with Gasteiger partial charge in [0, 0.05) is 10.0 Å². The predicted octanol–water partition coefficient (Wildman–Crippen LogP) is 3.52. The molecule has 0 saturated carbocycles. The van der Waals surface area contributed by atoms with E-state index in [1.54, 1.807) is 18.3 Å². The molecule has 120 valence electrons. The zero-order valence-electron chi connectivity index (χ0n) is 12.4. The van der Waals surface area contributed by atoms with E-state index >= 15 is 0 Å². The van der Waals surface area contributed by atoms with E-state index in [1.807, 2.05) is 36.4 Å². The Morgan fingerprint density at radius 1 is 1.04 bits per heavy atom. The van der Waals surface area contributed by atoms with Gasteiger partial charge in [0.15, 0.2) is 0 Å². The van der Waals surface area contributed by atoms with Gasteiger partial charge >= 0.3 is 0 Å². The number of hydrogen-bond acceptors (Lipinski definition) is 5. The van der Waals surface area contributed by atoms with Crippen LogP contribution in [0.2, 0.25) is 0 Å². The fourth-order valence-electron chi connectivity index (χ4n) is 2.04. The maximum atomic E-state index is 10.7. The number of halogens is 1. The summed E-state index contributed by atoms with van der Waals surface area (Å²) in [5, 5.41) is 14.7. The van der Waals surface area contributed by atoms with Crippen molar-refractivity contribution in [3.8, 4) is 11.3 Å². The van der Waals surface area contributed by atoms with Crippen LogP contribution < -0.4 is 10.5 Å². The maximum absolute atomic E-state index is 10.7. The first-order chi connectivity index (χ1) is 11.6. The number of hydrogen-bond donors (Lipinski definition) is 1. The molecular formula is C18H12BrN2O3-. The summed E-state index contributed by atoms with van der Waals surface area (Å²) in [6.07, 6.45) is 1.55. The van der Waals surface area contributed by atoms with Gasteiger partial charge in [0.05, 0.1) is 17.9 Å². The summed E-state index contributed by atoms with van der Waals surface area (Å²) in [7, 11) is 0. The molecule has 0 amide bonds.